The molecule has 0 saturated heterocycles. The molecule has 0 atom stereocenters. The summed E-state index contributed by atoms with van der Waals surface area (Å²) in [6, 6.07) is -1.25. The van der Waals surface area contributed by atoms with Crippen molar-refractivity contribution in [3.05, 3.63) is 29.1 Å². The number of carbonyl (C=O) groups excluding carboxylic acids is 1. The molecule has 2 N–H and O–H groups in total. The van der Waals surface area contributed by atoms with E-state index in [0.29, 0.717) is 0 Å². The van der Waals surface area contributed by atoms with E-state index in [0.717, 1.165) is 0 Å². The summed E-state index contributed by atoms with van der Waals surface area (Å²) in [5, 5.41) is 3.76. The van der Waals surface area contributed by atoms with Crippen molar-refractivity contribution >= 4 is 22.2 Å². The molecule has 12 heteroatoms. The third kappa shape index (κ3) is 5.86. The van der Waals surface area contributed by atoms with Gasteiger partial charge in [-0.25, -0.2) is 26.7 Å². The van der Waals surface area contributed by atoms with Crippen LogP contribution in [0.3, 0.4) is 0 Å². The van der Waals surface area contributed by atoms with Gasteiger partial charge in [0.25, 0.3) is 5.97 Å². The smallest absolute Gasteiger partial charge is 0.319 e. The average molecular weight is 416 g/mol. The quantitative estimate of drug-likeness (QED) is 0.224. The third-order valence-electron chi connectivity index (χ3n) is 3.06. The Morgan fingerprint density at radius 3 is 1.70 bits per heavy atom. The van der Waals surface area contributed by atoms with Crippen molar-refractivity contribution in [3.8, 4) is 0 Å². The van der Waals surface area contributed by atoms with Crippen molar-refractivity contribution in [2.24, 2.45) is 0 Å². The van der Waals surface area contributed by atoms with Crippen LogP contribution in [0.4, 0.5) is 32.4 Å². The first-order valence-corrected chi connectivity index (χ1v) is 8.72. The van der Waals surface area contributed by atoms with E-state index in [1.165, 1.54) is 0 Å². The van der Waals surface area contributed by atoms with E-state index in [1.54, 1.807) is 33.0 Å². The molecule has 1 aromatic rings. The predicted molar refractivity (Wildman–Crippen MR) is 89.5 cm³/mol. The Labute approximate surface area is 155 Å². The van der Waals surface area contributed by atoms with Crippen molar-refractivity contribution in [1.29, 1.82) is 0 Å². The van der Waals surface area contributed by atoms with Gasteiger partial charge in [-0.2, -0.15) is 0 Å². The molecule has 1 rings (SSSR count). The van der Waals surface area contributed by atoms with Gasteiger partial charge in [-0.1, -0.05) is 0 Å². The Kier molecular flexibility index (Phi) is 8.14. The number of halogens is 5. The zero-order valence-electron chi connectivity index (χ0n) is 15.4. The maximum Gasteiger partial charge on any atom is 0.319 e. The van der Waals surface area contributed by atoms with Gasteiger partial charge in [-0.3, -0.25) is 0 Å². The summed E-state index contributed by atoms with van der Waals surface area (Å²) >= 11 is 0. The number of benzene rings is 1. The average Bonchev–Trinajstić information content (AvgIpc) is 2.59. The van der Waals surface area contributed by atoms with E-state index in [1.807, 2.05) is 0 Å². The Hall–Kier alpha value is -1.76. The first-order valence-electron chi connectivity index (χ1n) is 7.91. The summed E-state index contributed by atoms with van der Waals surface area (Å²) in [5.74, 6) is -12.7. The van der Waals surface area contributed by atoms with Crippen LogP contribution in [0.1, 0.15) is 27.7 Å². The molecule has 0 unspecified atom stereocenters. The second-order valence-corrected chi connectivity index (χ2v) is 6.38. The van der Waals surface area contributed by atoms with Crippen LogP contribution in [0.25, 0.3) is 0 Å². The van der Waals surface area contributed by atoms with E-state index in [4.69, 9.17) is 13.9 Å². The first kappa shape index (κ1) is 23.3. The highest BCUT2D eigenvalue weighted by atomic mass is 28.2. The van der Waals surface area contributed by atoms with E-state index in [9.17, 15) is 26.7 Å². The first-order chi connectivity index (χ1) is 12.4. The van der Waals surface area contributed by atoms with Crippen molar-refractivity contribution < 1.29 is 40.6 Å². The van der Waals surface area contributed by atoms with Crippen LogP contribution in [0.5, 0.6) is 0 Å². The van der Waals surface area contributed by atoms with E-state index in [-0.39, 0.29) is 22.7 Å². The minimum Gasteiger partial charge on any atom is -0.379 e. The maximum absolute atomic E-state index is 13.6. The van der Waals surface area contributed by atoms with E-state index in [2.05, 4.69) is 5.32 Å². The zero-order chi connectivity index (χ0) is 20.9. The lowest BCUT2D eigenvalue weighted by atomic mass is 10.2. The number of rotatable bonds is 8. The molecular weight excluding hydrogens is 395 g/mol. The Morgan fingerprint density at radius 1 is 0.926 bits per heavy atom. The predicted octanol–water partition coefficient (Wildman–Crippen LogP) is 2.30. The number of nitrogens with one attached hydrogen (secondary N) is 2. The maximum atomic E-state index is 13.6. The van der Waals surface area contributed by atoms with Crippen molar-refractivity contribution in [2.45, 2.75) is 45.9 Å². The molecule has 0 aromatic heterocycles. The molecule has 0 spiro atoms. The van der Waals surface area contributed by atoms with Gasteiger partial charge in [-0.15, -0.1) is 0 Å². The van der Waals surface area contributed by atoms with Crippen molar-refractivity contribution in [2.75, 3.05) is 11.9 Å². The number of amides is 2. The normalized spacial score (nSPS) is 12.1. The molecule has 2 amide bonds. The van der Waals surface area contributed by atoms with Crippen LogP contribution in [0.15, 0.2) is 0 Å². The fourth-order valence-corrected chi connectivity index (χ4v) is 2.40. The second kappa shape index (κ2) is 9.44. The lowest BCUT2D eigenvalue weighted by Gasteiger charge is -2.35. The van der Waals surface area contributed by atoms with Crippen LogP contribution in [0.2, 0.25) is 0 Å². The summed E-state index contributed by atoms with van der Waals surface area (Å²) in [6.45, 7) is 6.34. The number of anilines is 1. The SMILES string of the molecule is CC(C)OC(CNC(=O)Nc1c(F)c(F)c(F)c(F)c1F)(O[SiH3])OC(C)C. The van der Waals surface area contributed by atoms with Gasteiger partial charge in [0.2, 0.25) is 5.82 Å². The molecule has 27 heavy (non-hydrogen) atoms. The Balaban J connectivity index is 2.96. The number of hydrogen-bond donors (Lipinski definition) is 2. The molecule has 1 aromatic carbocycles. The lowest BCUT2D eigenvalue weighted by Crippen LogP contribution is -2.52. The highest BCUT2D eigenvalue weighted by Crippen LogP contribution is 2.27. The minimum absolute atomic E-state index is 0.155. The number of urea groups is 1. The monoisotopic (exact) mass is 416 g/mol. The largest absolute Gasteiger partial charge is 0.379 e. The fraction of sp³-hybridized carbons (Fsp3) is 0.533. The van der Waals surface area contributed by atoms with Gasteiger partial charge in [-0.05, 0) is 27.7 Å². The number of hydrogen-bond acceptors (Lipinski definition) is 4. The van der Waals surface area contributed by atoms with Crippen molar-refractivity contribution in [3.63, 3.8) is 0 Å². The van der Waals surface area contributed by atoms with Gasteiger partial charge >= 0.3 is 6.03 Å². The van der Waals surface area contributed by atoms with Gasteiger partial charge in [0.05, 0.1) is 12.2 Å². The van der Waals surface area contributed by atoms with Crippen LogP contribution < -0.4 is 10.6 Å². The number of carbonyl (C=O) groups is 1. The molecule has 154 valence electrons. The molecule has 0 aliphatic heterocycles. The van der Waals surface area contributed by atoms with Gasteiger partial charge in [0.15, 0.2) is 33.8 Å². The van der Waals surface area contributed by atoms with E-state index >= 15 is 0 Å². The van der Waals surface area contributed by atoms with Gasteiger partial charge in [0, 0.05) is 0 Å². The summed E-state index contributed by atoms with van der Waals surface area (Å²) < 4.78 is 83.0. The molecule has 0 aliphatic rings. The van der Waals surface area contributed by atoms with Crippen LogP contribution in [-0.2, 0) is 13.9 Å². The summed E-state index contributed by atoms with van der Waals surface area (Å²) in [6.07, 6.45) is -0.726. The zero-order valence-corrected chi connectivity index (χ0v) is 17.4. The van der Waals surface area contributed by atoms with Gasteiger partial charge in [0.1, 0.15) is 12.2 Å². The van der Waals surface area contributed by atoms with E-state index < -0.39 is 53.3 Å². The topological polar surface area (TPSA) is 68.8 Å². The van der Waals surface area contributed by atoms with Gasteiger partial charge < -0.3 is 24.5 Å². The number of ether oxygens (including phenoxy) is 2. The second-order valence-electron chi connectivity index (χ2n) is 5.97. The minimum atomic E-state index is -2.32. The van der Waals surface area contributed by atoms with Crippen molar-refractivity contribution in [1.82, 2.24) is 5.32 Å². The lowest BCUT2D eigenvalue weighted by molar-refractivity contribution is -0.361. The fourth-order valence-electron chi connectivity index (χ4n) is 2.06. The van der Waals surface area contributed by atoms with Crippen LogP contribution in [-0.4, -0.2) is 41.2 Å². The highest BCUT2D eigenvalue weighted by molar-refractivity contribution is 5.98. The Morgan fingerprint density at radius 2 is 1.33 bits per heavy atom. The summed E-state index contributed by atoms with van der Waals surface area (Å²) in [4.78, 5) is 11.9. The molecule has 0 fully saturated rings. The molecule has 0 aliphatic carbocycles. The summed E-state index contributed by atoms with van der Waals surface area (Å²) in [7, 11) is 0.155. The highest BCUT2D eigenvalue weighted by Gasteiger charge is 2.35. The Bertz CT molecular complexity index is 652. The molecule has 0 heterocycles. The summed E-state index contributed by atoms with van der Waals surface area (Å²) in [5.41, 5.74) is -1.48. The standard InChI is InChI=1S/C15H21F5N2O4Si/c1-6(2)24-15(26-27,25-7(3)4)5-21-14(23)22-13-11(19)9(17)8(16)10(18)12(13)20/h6-7H,5H2,1-4,27H3,(H2,21,22,23). The third-order valence-corrected chi connectivity index (χ3v) is 3.68. The molecule has 6 nitrogen and oxygen atoms in total. The van der Waals surface area contributed by atoms with Crippen LogP contribution >= 0.6 is 0 Å². The molecule has 0 saturated carbocycles. The molecular formula is C15H21F5N2O4Si. The molecule has 0 bridgehead atoms. The molecule has 0 radical (unpaired) electrons. The van der Waals surface area contributed by atoms with Crippen LogP contribution in [0, 0.1) is 29.1 Å².